The van der Waals surface area contributed by atoms with Crippen LogP contribution in [0, 0.1) is 5.92 Å². The monoisotopic (exact) mass is 533 g/mol. The average Bonchev–Trinajstić information content (AvgIpc) is 2.92. The number of hydrogen-bond acceptors (Lipinski definition) is 2. The minimum atomic E-state index is 0.0203. The van der Waals surface area contributed by atoms with Gasteiger partial charge in [-0.05, 0) is 25.3 Å². The summed E-state index contributed by atoms with van der Waals surface area (Å²) in [6, 6.07) is 0. The van der Waals surface area contributed by atoms with Gasteiger partial charge in [-0.15, -0.1) is 0 Å². The summed E-state index contributed by atoms with van der Waals surface area (Å²) in [5.74, 6) is 1.09. The Morgan fingerprint density at radius 1 is 0.474 bits per heavy atom. The van der Waals surface area contributed by atoms with E-state index in [1.165, 1.54) is 180 Å². The molecule has 2 heteroatoms. The van der Waals surface area contributed by atoms with Gasteiger partial charge in [0.1, 0.15) is 11.7 Å². The number of allylic oxidation sites excluding steroid dienone is 1. The van der Waals surface area contributed by atoms with Crippen molar-refractivity contribution in [1.82, 2.24) is 0 Å². The molecule has 0 radical (unpaired) electrons. The maximum Gasteiger partial charge on any atom is 0.321 e. The molecule has 0 spiro atoms. The summed E-state index contributed by atoms with van der Waals surface area (Å²) >= 11 is 0. The maximum absolute atomic E-state index is 11.9. The molecule has 0 bridgehead atoms. The van der Waals surface area contributed by atoms with Crippen LogP contribution in [-0.2, 0) is 9.53 Å². The second-order valence-corrected chi connectivity index (χ2v) is 12.3. The molecule has 0 unspecified atom stereocenters. The standard InChI is InChI=1S/C36H68O2/c1-3-5-7-9-11-13-15-17-19-21-23-25-27-29-31-33-35-34(36(37)38-35)32-30-28-26-24-22-20-18-16-14-12-10-8-6-4-2/h33-34H,3-32H2,1-2H3/b35-33-/t34-/m1/s1. The zero-order chi connectivity index (χ0) is 27.4. The quantitative estimate of drug-likeness (QED) is 0.0679. The van der Waals surface area contributed by atoms with E-state index in [1.807, 2.05) is 0 Å². The van der Waals surface area contributed by atoms with Crippen molar-refractivity contribution in [3.8, 4) is 0 Å². The van der Waals surface area contributed by atoms with E-state index in [2.05, 4.69) is 19.9 Å². The Bertz CT molecular complexity index is 537. The SMILES string of the molecule is CCCCCCCCCCCCCCCC/C=C1\OC(=O)[C@@H]1CCCCCCCCCCCCCCCC. The lowest BCUT2D eigenvalue weighted by Gasteiger charge is -2.28. The van der Waals surface area contributed by atoms with Crippen molar-refractivity contribution in [2.24, 2.45) is 5.92 Å². The topological polar surface area (TPSA) is 26.3 Å². The van der Waals surface area contributed by atoms with Gasteiger partial charge in [-0.2, -0.15) is 0 Å². The molecule has 1 aliphatic rings. The van der Waals surface area contributed by atoms with E-state index in [-0.39, 0.29) is 11.9 Å². The summed E-state index contributed by atoms with van der Waals surface area (Å²) in [6.07, 6.45) is 43.2. The van der Waals surface area contributed by atoms with Gasteiger partial charge in [0.2, 0.25) is 0 Å². The maximum atomic E-state index is 11.9. The van der Waals surface area contributed by atoms with Crippen LogP contribution in [0.25, 0.3) is 0 Å². The second-order valence-electron chi connectivity index (χ2n) is 12.3. The Morgan fingerprint density at radius 3 is 1.13 bits per heavy atom. The molecule has 1 aliphatic heterocycles. The van der Waals surface area contributed by atoms with Crippen molar-refractivity contribution in [2.45, 2.75) is 206 Å². The largest absolute Gasteiger partial charge is 0.430 e. The van der Waals surface area contributed by atoms with Crippen LogP contribution in [0.3, 0.4) is 0 Å². The van der Waals surface area contributed by atoms with Crippen molar-refractivity contribution >= 4 is 5.97 Å². The van der Waals surface area contributed by atoms with Crippen LogP contribution in [-0.4, -0.2) is 5.97 Å². The third kappa shape index (κ3) is 21.1. The fraction of sp³-hybridized carbons (Fsp3) is 0.917. The highest BCUT2D eigenvalue weighted by atomic mass is 16.6. The minimum absolute atomic E-state index is 0.0203. The minimum Gasteiger partial charge on any atom is -0.430 e. The molecule has 0 aromatic carbocycles. The molecular weight excluding hydrogens is 464 g/mol. The molecule has 1 heterocycles. The van der Waals surface area contributed by atoms with Gasteiger partial charge in [-0.1, -0.05) is 187 Å². The lowest BCUT2D eigenvalue weighted by molar-refractivity contribution is -0.157. The Balaban J connectivity index is 1.85. The molecule has 0 N–H and O–H groups in total. The number of cyclic esters (lactones) is 1. The first-order valence-corrected chi connectivity index (χ1v) is 17.7. The highest BCUT2D eigenvalue weighted by molar-refractivity contribution is 5.82. The van der Waals surface area contributed by atoms with Gasteiger partial charge in [0.05, 0.1) is 0 Å². The number of rotatable bonds is 30. The normalized spacial score (nSPS) is 16.2. The smallest absolute Gasteiger partial charge is 0.321 e. The Hall–Kier alpha value is -0.790. The third-order valence-electron chi connectivity index (χ3n) is 8.60. The molecule has 0 aliphatic carbocycles. The van der Waals surface area contributed by atoms with Crippen LogP contribution in [0.2, 0.25) is 0 Å². The lowest BCUT2D eigenvalue weighted by Crippen LogP contribution is -2.32. The van der Waals surface area contributed by atoms with Crippen LogP contribution in [0.4, 0.5) is 0 Å². The van der Waals surface area contributed by atoms with E-state index in [0.717, 1.165) is 18.6 Å². The molecule has 224 valence electrons. The van der Waals surface area contributed by atoms with E-state index in [4.69, 9.17) is 4.74 Å². The van der Waals surface area contributed by atoms with Gasteiger partial charge < -0.3 is 4.74 Å². The molecule has 0 amide bonds. The van der Waals surface area contributed by atoms with Crippen LogP contribution in [0.15, 0.2) is 11.8 Å². The van der Waals surface area contributed by atoms with Gasteiger partial charge in [0.15, 0.2) is 0 Å². The summed E-state index contributed by atoms with van der Waals surface area (Å²) in [6.45, 7) is 4.58. The van der Waals surface area contributed by atoms with E-state index in [1.54, 1.807) is 0 Å². The van der Waals surface area contributed by atoms with Crippen LogP contribution in [0.1, 0.15) is 206 Å². The predicted octanol–water partition coefficient (Wildman–Crippen LogP) is 12.8. The van der Waals surface area contributed by atoms with Crippen molar-refractivity contribution in [3.63, 3.8) is 0 Å². The average molecular weight is 533 g/mol. The molecule has 1 saturated heterocycles. The lowest BCUT2D eigenvalue weighted by atomic mass is 9.93. The van der Waals surface area contributed by atoms with Gasteiger partial charge in [0.25, 0.3) is 0 Å². The molecular formula is C36H68O2. The number of unbranched alkanes of at least 4 members (excludes halogenated alkanes) is 27. The van der Waals surface area contributed by atoms with Crippen LogP contribution in [0.5, 0.6) is 0 Å². The summed E-state index contributed by atoms with van der Waals surface area (Å²) in [7, 11) is 0. The van der Waals surface area contributed by atoms with Gasteiger partial charge in [-0.3, -0.25) is 4.79 Å². The van der Waals surface area contributed by atoms with Crippen LogP contribution >= 0.6 is 0 Å². The van der Waals surface area contributed by atoms with Crippen molar-refractivity contribution < 1.29 is 9.53 Å². The number of carbonyl (C=O) groups excluding carboxylic acids is 1. The summed E-state index contributed by atoms with van der Waals surface area (Å²) in [5.41, 5.74) is 0. The molecule has 0 saturated carbocycles. The number of ether oxygens (including phenoxy) is 1. The van der Waals surface area contributed by atoms with Crippen molar-refractivity contribution in [1.29, 1.82) is 0 Å². The first-order chi connectivity index (χ1) is 18.8. The molecule has 1 atom stereocenters. The first-order valence-electron chi connectivity index (χ1n) is 17.7. The summed E-state index contributed by atoms with van der Waals surface area (Å²) in [5, 5.41) is 0. The fourth-order valence-corrected chi connectivity index (χ4v) is 5.89. The fourth-order valence-electron chi connectivity index (χ4n) is 5.89. The Morgan fingerprint density at radius 2 is 0.789 bits per heavy atom. The third-order valence-corrected chi connectivity index (χ3v) is 8.60. The molecule has 1 rings (SSSR count). The molecule has 1 fully saturated rings. The van der Waals surface area contributed by atoms with E-state index in [9.17, 15) is 4.79 Å². The molecule has 0 aromatic heterocycles. The summed E-state index contributed by atoms with van der Waals surface area (Å²) < 4.78 is 5.36. The van der Waals surface area contributed by atoms with Gasteiger partial charge in [0, 0.05) is 0 Å². The summed E-state index contributed by atoms with van der Waals surface area (Å²) in [4.78, 5) is 11.9. The highest BCUT2D eigenvalue weighted by Crippen LogP contribution is 2.32. The van der Waals surface area contributed by atoms with Gasteiger partial charge >= 0.3 is 5.97 Å². The number of carbonyl (C=O) groups is 1. The van der Waals surface area contributed by atoms with E-state index >= 15 is 0 Å². The Kier molecular flexibility index (Phi) is 25.7. The van der Waals surface area contributed by atoms with E-state index in [0.29, 0.717) is 0 Å². The first kappa shape index (κ1) is 35.2. The molecule has 2 nitrogen and oxygen atoms in total. The second kappa shape index (κ2) is 27.8. The zero-order valence-electron chi connectivity index (χ0n) is 26.2. The van der Waals surface area contributed by atoms with E-state index < -0.39 is 0 Å². The number of esters is 1. The van der Waals surface area contributed by atoms with Crippen molar-refractivity contribution in [2.75, 3.05) is 0 Å². The molecule has 0 aromatic rings. The highest BCUT2D eigenvalue weighted by Gasteiger charge is 2.36. The predicted molar refractivity (Wildman–Crippen MR) is 168 cm³/mol. The Labute approximate surface area is 239 Å². The van der Waals surface area contributed by atoms with Gasteiger partial charge in [-0.25, -0.2) is 0 Å². The van der Waals surface area contributed by atoms with Crippen LogP contribution < -0.4 is 0 Å². The number of hydrogen-bond donors (Lipinski definition) is 0. The van der Waals surface area contributed by atoms with Crippen molar-refractivity contribution in [3.05, 3.63) is 11.8 Å². The molecule has 38 heavy (non-hydrogen) atoms. The zero-order valence-corrected chi connectivity index (χ0v) is 26.2.